The number of esters is 1. The monoisotopic (exact) mass is 883 g/mol. The van der Waals surface area contributed by atoms with Crippen molar-refractivity contribution >= 4 is 66.0 Å². The third-order valence-corrected chi connectivity index (χ3v) is 11.3. The maximum absolute atomic E-state index is 13.4. The van der Waals surface area contributed by atoms with Crippen LogP contribution in [0.1, 0.15) is 115 Å². The van der Waals surface area contributed by atoms with E-state index in [1.54, 1.807) is 7.11 Å². The third kappa shape index (κ3) is 15.9. The second-order valence-corrected chi connectivity index (χ2v) is 15.3. The van der Waals surface area contributed by atoms with Gasteiger partial charge in [0.25, 0.3) is 0 Å². The number of carbonyl (C=O) groups is 1. The molecule has 1 aromatic carbocycles. The number of unbranched alkanes of at least 4 members (excludes halogenated alkanes) is 8. The molecule has 2 bridgehead atoms. The predicted molar refractivity (Wildman–Crippen MR) is 211 cm³/mol. The number of aliphatic imine (C=N–C) groups is 1. The van der Waals surface area contributed by atoms with E-state index in [0.29, 0.717) is 47.5 Å². The minimum Gasteiger partial charge on any atom is -2.00 e. The van der Waals surface area contributed by atoms with E-state index in [1.165, 1.54) is 38.5 Å². The molecular formula is C38H59Cl2N4O5S2Tc. The number of fused-ring (bicyclic) bond motifs is 2. The number of rotatable bonds is 25. The number of halogens is 2. The van der Waals surface area contributed by atoms with Crippen LogP contribution in [0.2, 0.25) is 10.0 Å². The largest absolute Gasteiger partial charge is 5.00 e. The number of hydrogen-bond acceptors (Lipinski definition) is 10. The minimum atomic E-state index is -0.264. The van der Waals surface area contributed by atoms with Gasteiger partial charge in [0.1, 0.15) is 13.2 Å². The molecule has 2 aliphatic rings. The van der Waals surface area contributed by atoms with Gasteiger partial charge in [-0.25, -0.2) is 0 Å². The van der Waals surface area contributed by atoms with Crippen molar-refractivity contribution in [3.05, 3.63) is 33.8 Å². The Hall–Kier alpha value is -0.561. The number of carbonyl (C=O) groups excluding carboxylic acids is 1. The van der Waals surface area contributed by atoms with Gasteiger partial charge >= 0.3 is 26.1 Å². The average Bonchev–Trinajstić information content (AvgIpc) is 3.32. The van der Waals surface area contributed by atoms with Crippen molar-refractivity contribution in [3.63, 3.8) is 0 Å². The van der Waals surface area contributed by atoms with Crippen LogP contribution >= 0.6 is 23.2 Å². The number of oxime groups is 1. The Labute approximate surface area is 347 Å². The first-order chi connectivity index (χ1) is 24.3. The van der Waals surface area contributed by atoms with Crippen molar-refractivity contribution in [2.75, 3.05) is 51.3 Å². The zero-order valence-corrected chi connectivity index (χ0v) is 36.3. The number of hydrogen-bond donors (Lipinski definition) is 0. The van der Waals surface area contributed by atoms with Gasteiger partial charge in [-0.15, -0.1) is 0 Å². The third-order valence-electron chi connectivity index (χ3n) is 10.2. The summed E-state index contributed by atoms with van der Waals surface area (Å²) in [4.78, 5) is 27.5. The molecule has 3 rings (SSSR count). The van der Waals surface area contributed by atoms with Gasteiger partial charge in [-0.1, -0.05) is 99.6 Å². The van der Waals surface area contributed by atoms with Crippen LogP contribution in [0.3, 0.4) is 0 Å². The topological polar surface area (TPSA) is 118 Å². The predicted octanol–water partition coefficient (Wildman–Crippen LogP) is 7.21. The number of ether oxygens (including phenoxy) is 1. The molecule has 294 valence electrons. The molecule has 1 aromatic rings. The first-order valence-corrected chi connectivity index (χ1v) is 20.8. The Balaban J connectivity index is 0.00000676. The molecular weight excluding hydrogens is 825 g/mol. The van der Waals surface area contributed by atoms with Crippen LogP contribution in [0.4, 0.5) is 0 Å². The van der Waals surface area contributed by atoms with Crippen molar-refractivity contribution in [2.24, 2.45) is 16.1 Å². The fourth-order valence-electron chi connectivity index (χ4n) is 7.89. The zero-order valence-electron chi connectivity index (χ0n) is 31.2. The van der Waals surface area contributed by atoms with Crippen LogP contribution in [-0.2, 0) is 65.2 Å². The molecule has 2 saturated heterocycles. The molecule has 0 amide bonds. The van der Waals surface area contributed by atoms with Gasteiger partial charge in [0.05, 0.1) is 21.8 Å². The Morgan fingerprint density at radius 3 is 2.29 bits per heavy atom. The minimum absolute atomic E-state index is 0. The van der Waals surface area contributed by atoms with E-state index in [-0.39, 0.29) is 74.0 Å². The first-order valence-electron chi connectivity index (χ1n) is 18.9. The summed E-state index contributed by atoms with van der Waals surface area (Å²) in [7, 11) is 1.58. The molecule has 0 N–H and O–H groups in total. The second-order valence-electron chi connectivity index (χ2n) is 13.7. The number of nitrogens with zero attached hydrogens (tertiary/aromatic N) is 4. The number of benzene rings is 1. The van der Waals surface area contributed by atoms with Crippen molar-refractivity contribution in [3.8, 4) is 0 Å². The van der Waals surface area contributed by atoms with Crippen LogP contribution < -0.4 is 5.11 Å². The maximum atomic E-state index is 13.4. The standard InChI is InChI=1S/C38H62Cl2N4O4S2.O.Tc/c1-4-6-7-8-9-10-11-12-13-15-36(46)48-34-26-29-25-30(28-16-17-31(39)32(40)24-28)37(33(5-2)42-47-3)38(34)44(29)20-14-19-43(21-23-50)27-35(45)41-18-22-49;;/h16-17,24,29-30,34,37-38,49-50H,4-15,18-23,25-27H2,1-3H3,(H,41,45);;/q;-2;+5/p-3/b42-33+;;/t29?,30-,34?,37+,38?;;/m0../s1/i;;1+0. The SMILES string of the molecule is CCCCCCCCCCCC(=O)OC1CC2C[C@@H](c3ccc(Cl)c(Cl)c3)[C@H](/C(CC)=N/OC)C1N2CCCN(CC[S-])CC([O-])=NCC[S-].[98Tc+5].[O-2]. The van der Waals surface area contributed by atoms with Crippen molar-refractivity contribution < 1.29 is 45.1 Å². The summed E-state index contributed by atoms with van der Waals surface area (Å²) in [5, 5.41) is 18.0. The summed E-state index contributed by atoms with van der Waals surface area (Å²) < 4.78 is 6.40. The summed E-state index contributed by atoms with van der Waals surface area (Å²) in [6.45, 7) is 7.13. The van der Waals surface area contributed by atoms with Crippen LogP contribution in [-0.4, -0.2) is 96.9 Å². The molecule has 5 atom stereocenters. The van der Waals surface area contributed by atoms with Gasteiger partial charge in [0.2, 0.25) is 0 Å². The Morgan fingerprint density at radius 1 is 0.981 bits per heavy atom. The molecule has 52 heavy (non-hydrogen) atoms. The van der Waals surface area contributed by atoms with Gasteiger partial charge in [0, 0.05) is 44.4 Å². The molecule has 0 radical (unpaired) electrons. The van der Waals surface area contributed by atoms with Crippen LogP contribution in [0.15, 0.2) is 28.3 Å². The molecule has 0 spiro atoms. The molecule has 3 unspecified atom stereocenters. The van der Waals surface area contributed by atoms with E-state index in [9.17, 15) is 9.90 Å². The molecule has 14 heteroatoms. The van der Waals surface area contributed by atoms with Gasteiger partial charge < -0.3 is 55.3 Å². The van der Waals surface area contributed by atoms with Gasteiger partial charge in [-0.3, -0.25) is 9.69 Å². The molecule has 0 aromatic heterocycles. The molecule has 9 nitrogen and oxygen atoms in total. The van der Waals surface area contributed by atoms with Crippen molar-refractivity contribution in [1.29, 1.82) is 0 Å². The van der Waals surface area contributed by atoms with Crippen molar-refractivity contribution in [1.82, 2.24) is 9.80 Å². The van der Waals surface area contributed by atoms with E-state index >= 15 is 0 Å². The summed E-state index contributed by atoms with van der Waals surface area (Å²) >= 11 is 23.1. The summed E-state index contributed by atoms with van der Waals surface area (Å²) in [6.07, 6.45) is 14.1. The quantitative estimate of drug-likeness (QED) is 0.0253. The van der Waals surface area contributed by atoms with E-state index in [4.69, 9.17) is 58.0 Å². The van der Waals surface area contributed by atoms with E-state index in [2.05, 4.69) is 39.9 Å². The van der Waals surface area contributed by atoms with Gasteiger partial charge in [0.15, 0.2) is 0 Å². The Morgan fingerprint density at radius 2 is 1.67 bits per heavy atom. The van der Waals surface area contributed by atoms with Gasteiger partial charge in [-0.05, 0) is 68.3 Å². The maximum Gasteiger partial charge on any atom is 5.00 e. The molecule has 2 fully saturated rings. The van der Waals surface area contributed by atoms with E-state index in [1.807, 2.05) is 12.1 Å². The molecule has 0 aliphatic carbocycles. The Kier molecular flexibility index (Phi) is 26.6. The smallest absolute Gasteiger partial charge is 2.00 e. The fourth-order valence-corrected chi connectivity index (χ4v) is 8.54. The van der Waals surface area contributed by atoms with Gasteiger partial charge in [-0.2, -0.15) is 11.5 Å². The molecule has 0 saturated carbocycles. The normalized spacial score (nSPS) is 21.9. The van der Waals surface area contributed by atoms with Crippen LogP contribution in [0, 0.1) is 5.92 Å². The van der Waals surface area contributed by atoms with E-state index in [0.717, 1.165) is 62.9 Å². The van der Waals surface area contributed by atoms with Crippen molar-refractivity contribution in [2.45, 2.75) is 128 Å². The van der Waals surface area contributed by atoms with Crippen LogP contribution in [0.5, 0.6) is 0 Å². The first kappa shape index (κ1) is 49.5. The number of piperidine rings is 1. The summed E-state index contributed by atoms with van der Waals surface area (Å²) in [5.41, 5.74) is 2.05. The second kappa shape index (κ2) is 27.9. The molecule has 2 aliphatic heterocycles. The average molecular weight is 885 g/mol. The van der Waals surface area contributed by atoms with Crippen LogP contribution in [0.25, 0.3) is 0 Å². The summed E-state index contributed by atoms with van der Waals surface area (Å²) in [6, 6.07) is 6.03. The summed E-state index contributed by atoms with van der Waals surface area (Å²) in [5.74, 6) is 0.765. The fraction of sp³-hybridized carbons (Fsp3) is 0.763. The Bertz CT molecular complexity index is 1220. The van der Waals surface area contributed by atoms with E-state index < -0.39 is 0 Å². The molecule has 2 heterocycles. The zero-order chi connectivity index (χ0) is 36.3.